The van der Waals surface area contributed by atoms with Gasteiger partial charge in [-0.05, 0) is 24.1 Å². The number of hydrogen-bond donors (Lipinski definition) is 2. The van der Waals surface area contributed by atoms with Gasteiger partial charge in [0.1, 0.15) is 5.82 Å². The maximum Gasteiger partial charge on any atom is 0.224 e. The summed E-state index contributed by atoms with van der Waals surface area (Å²) in [7, 11) is 1.61. The zero-order valence-corrected chi connectivity index (χ0v) is 7.79. The van der Waals surface area contributed by atoms with Crippen molar-refractivity contribution in [2.45, 2.75) is 13.3 Å². The zero-order chi connectivity index (χ0) is 9.84. The molecule has 1 rings (SSSR count). The normalized spacial score (nSPS) is 9.69. The summed E-state index contributed by atoms with van der Waals surface area (Å²) in [6, 6.07) is 1.81. The number of likely N-dealkylation sites (N-methyl/N-ethyl adjacent to an activating group) is 1. The van der Waals surface area contributed by atoms with Crippen molar-refractivity contribution in [1.82, 2.24) is 10.3 Å². The lowest BCUT2D eigenvalue weighted by Gasteiger charge is -2.05. The maximum atomic E-state index is 11.1. The number of rotatable bonds is 2. The number of hydrogen-bond acceptors (Lipinski definition) is 3. The highest BCUT2D eigenvalue weighted by Gasteiger charge is 2.05. The van der Waals surface area contributed by atoms with Crippen LogP contribution in [0.3, 0.4) is 0 Å². The molecule has 0 fully saturated rings. The van der Waals surface area contributed by atoms with Crippen LogP contribution in [0.4, 0.5) is 5.82 Å². The van der Waals surface area contributed by atoms with Crippen LogP contribution in [-0.2, 0) is 11.2 Å². The summed E-state index contributed by atoms with van der Waals surface area (Å²) in [5, 5.41) is 2.56. The van der Waals surface area contributed by atoms with Gasteiger partial charge in [0.15, 0.2) is 0 Å². The first-order chi connectivity index (χ1) is 6.15. The molecule has 4 nitrogen and oxygen atoms in total. The van der Waals surface area contributed by atoms with Crippen molar-refractivity contribution in [3.05, 3.63) is 23.4 Å². The van der Waals surface area contributed by atoms with Crippen molar-refractivity contribution < 1.29 is 4.79 Å². The lowest BCUT2D eigenvalue weighted by Crippen LogP contribution is -2.20. The highest BCUT2D eigenvalue weighted by molar-refractivity contribution is 5.78. The Morgan fingerprint density at radius 3 is 3.00 bits per heavy atom. The van der Waals surface area contributed by atoms with Crippen molar-refractivity contribution in [2.75, 3.05) is 12.8 Å². The summed E-state index contributed by atoms with van der Waals surface area (Å²) >= 11 is 0. The first-order valence-corrected chi connectivity index (χ1v) is 4.05. The number of pyridine rings is 1. The number of aromatic nitrogens is 1. The number of carbonyl (C=O) groups is 1. The molecule has 0 radical (unpaired) electrons. The Bertz CT molecular complexity index is 323. The molecule has 1 amide bonds. The highest BCUT2D eigenvalue weighted by Crippen LogP contribution is 2.12. The first-order valence-electron chi connectivity index (χ1n) is 4.05. The summed E-state index contributed by atoms with van der Waals surface area (Å²) in [5.74, 6) is 0.468. The van der Waals surface area contributed by atoms with Gasteiger partial charge < -0.3 is 11.1 Å². The van der Waals surface area contributed by atoms with Crippen LogP contribution in [0.5, 0.6) is 0 Å². The SMILES string of the molecule is CNC(=O)Cc1ccnc(N)c1C. The second-order valence-electron chi connectivity index (χ2n) is 2.83. The molecular formula is C9H13N3O. The van der Waals surface area contributed by atoms with Gasteiger partial charge in [0.05, 0.1) is 6.42 Å². The van der Waals surface area contributed by atoms with Crippen LogP contribution < -0.4 is 11.1 Å². The quantitative estimate of drug-likeness (QED) is 0.684. The molecule has 1 heterocycles. The third-order valence-corrected chi connectivity index (χ3v) is 1.99. The van der Waals surface area contributed by atoms with E-state index >= 15 is 0 Å². The largest absolute Gasteiger partial charge is 0.383 e. The molecule has 0 aliphatic carbocycles. The van der Waals surface area contributed by atoms with Gasteiger partial charge in [-0.1, -0.05) is 0 Å². The molecule has 3 N–H and O–H groups in total. The van der Waals surface area contributed by atoms with E-state index in [-0.39, 0.29) is 5.91 Å². The molecule has 0 aliphatic heterocycles. The Kier molecular flexibility index (Phi) is 2.84. The topological polar surface area (TPSA) is 68.0 Å². The minimum Gasteiger partial charge on any atom is -0.383 e. The summed E-state index contributed by atoms with van der Waals surface area (Å²) in [5.41, 5.74) is 7.40. The van der Waals surface area contributed by atoms with Crippen LogP contribution >= 0.6 is 0 Å². The third kappa shape index (κ3) is 2.18. The van der Waals surface area contributed by atoms with E-state index in [1.165, 1.54) is 0 Å². The smallest absolute Gasteiger partial charge is 0.224 e. The first kappa shape index (κ1) is 9.51. The van der Waals surface area contributed by atoms with Gasteiger partial charge in [-0.3, -0.25) is 4.79 Å². The average Bonchev–Trinajstić information content (AvgIpc) is 2.13. The summed E-state index contributed by atoms with van der Waals surface area (Å²) in [4.78, 5) is 15.0. The van der Waals surface area contributed by atoms with Crippen molar-refractivity contribution in [3.8, 4) is 0 Å². The van der Waals surface area contributed by atoms with E-state index in [4.69, 9.17) is 5.73 Å². The summed E-state index contributed by atoms with van der Waals surface area (Å²) in [6.45, 7) is 1.86. The number of nitrogens with two attached hydrogens (primary N) is 1. The van der Waals surface area contributed by atoms with Crippen molar-refractivity contribution in [2.24, 2.45) is 0 Å². The molecule has 0 saturated carbocycles. The van der Waals surface area contributed by atoms with E-state index in [0.717, 1.165) is 11.1 Å². The minimum atomic E-state index is -0.0197. The van der Waals surface area contributed by atoms with Crippen LogP contribution in [0.25, 0.3) is 0 Å². The molecule has 0 saturated heterocycles. The van der Waals surface area contributed by atoms with Gasteiger partial charge in [0.2, 0.25) is 5.91 Å². The third-order valence-electron chi connectivity index (χ3n) is 1.99. The number of amides is 1. The van der Waals surface area contributed by atoms with E-state index in [1.54, 1.807) is 19.3 Å². The predicted octanol–water partition coefficient (Wildman–Crippen LogP) is 0.261. The molecule has 0 atom stereocenters. The van der Waals surface area contributed by atoms with Gasteiger partial charge in [0, 0.05) is 13.2 Å². The molecule has 1 aromatic rings. The summed E-state index contributed by atoms with van der Waals surface area (Å²) in [6.07, 6.45) is 1.97. The Labute approximate surface area is 77.2 Å². The van der Waals surface area contributed by atoms with Crippen LogP contribution in [0, 0.1) is 6.92 Å². The second kappa shape index (κ2) is 3.89. The standard InChI is InChI=1S/C9H13N3O/c1-6-7(5-8(13)11-2)3-4-12-9(6)10/h3-4H,5H2,1-2H3,(H2,10,12)(H,11,13). The molecule has 0 bridgehead atoms. The molecular weight excluding hydrogens is 166 g/mol. The molecule has 0 aliphatic rings. The van der Waals surface area contributed by atoms with Crippen LogP contribution in [0.2, 0.25) is 0 Å². The number of nitrogen functional groups attached to an aromatic ring is 1. The average molecular weight is 179 g/mol. The molecule has 13 heavy (non-hydrogen) atoms. The molecule has 1 aromatic heterocycles. The van der Waals surface area contributed by atoms with E-state index in [9.17, 15) is 4.79 Å². The summed E-state index contributed by atoms with van der Waals surface area (Å²) < 4.78 is 0. The van der Waals surface area contributed by atoms with Gasteiger partial charge in [-0.25, -0.2) is 4.98 Å². The van der Waals surface area contributed by atoms with Crippen LogP contribution in [0.1, 0.15) is 11.1 Å². The molecule has 0 unspecified atom stereocenters. The van der Waals surface area contributed by atoms with Gasteiger partial charge in [-0.15, -0.1) is 0 Å². The van der Waals surface area contributed by atoms with E-state index in [1.807, 2.05) is 6.92 Å². The Morgan fingerprint density at radius 2 is 2.38 bits per heavy atom. The van der Waals surface area contributed by atoms with Gasteiger partial charge in [-0.2, -0.15) is 0 Å². The van der Waals surface area contributed by atoms with Crippen molar-refractivity contribution in [3.63, 3.8) is 0 Å². The number of nitrogens with one attached hydrogen (secondary N) is 1. The lowest BCUT2D eigenvalue weighted by atomic mass is 10.1. The van der Waals surface area contributed by atoms with Crippen molar-refractivity contribution >= 4 is 11.7 Å². The fourth-order valence-corrected chi connectivity index (χ4v) is 1.05. The predicted molar refractivity (Wildman–Crippen MR) is 51.2 cm³/mol. The number of carbonyl (C=O) groups excluding carboxylic acids is 1. The zero-order valence-electron chi connectivity index (χ0n) is 7.79. The Balaban J connectivity index is 2.89. The van der Waals surface area contributed by atoms with Gasteiger partial charge >= 0.3 is 0 Å². The second-order valence-corrected chi connectivity index (χ2v) is 2.83. The molecule has 0 aromatic carbocycles. The van der Waals surface area contributed by atoms with Crippen LogP contribution in [0.15, 0.2) is 12.3 Å². The fraction of sp³-hybridized carbons (Fsp3) is 0.333. The van der Waals surface area contributed by atoms with Crippen LogP contribution in [-0.4, -0.2) is 17.9 Å². The fourth-order valence-electron chi connectivity index (χ4n) is 1.05. The van der Waals surface area contributed by atoms with E-state index < -0.39 is 0 Å². The maximum absolute atomic E-state index is 11.1. The number of anilines is 1. The number of nitrogens with zero attached hydrogens (tertiary/aromatic N) is 1. The minimum absolute atomic E-state index is 0.0197. The van der Waals surface area contributed by atoms with E-state index in [0.29, 0.717) is 12.2 Å². The monoisotopic (exact) mass is 179 g/mol. The molecule has 70 valence electrons. The Morgan fingerprint density at radius 1 is 1.69 bits per heavy atom. The van der Waals surface area contributed by atoms with Gasteiger partial charge in [0.25, 0.3) is 0 Å². The highest BCUT2D eigenvalue weighted by atomic mass is 16.1. The lowest BCUT2D eigenvalue weighted by molar-refractivity contribution is -0.119. The Hall–Kier alpha value is -1.58. The van der Waals surface area contributed by atoms with E-state index in [2.05, 4.69) is 10.3 Å². The molecule has 0 spiro atoms. The molecule has 4 heteroatoms. The van der Waals surface area contributed by atoms with Crippen molar-refractivity contribution in [1.29, 1.82) is 0 Å².